The van der Waals surface area contributed by atoms with E-state index in [0.29, 0.717) is 6.04 Å². The van der Waals surface area contributed by atoms with Crippen molar-refractivity contribution in [3.8, 4) is 0 Å². The van der Waals surface area contributed by atoms with E-state index in [-0.39, 0.29) is 12.5 Å². The minimum Gasteiger partial charge on any atom is -0.481 e. The van der Waals surface area contributed by atoms with Crippen molar-refractivity contribution in [2.75, 3.05) is 13.1 Å². The number of nitrogens with zero attached hydrogens (tertiary/aromatic N) is 2. The molecule has 1 aromatic heterocycles. The third-order valence-electron chi connectivity index (χ3n) is 3.63. The van der Waals surface area contributed by atoms with Gasteiger partial charge in [0.05, 0.1) is 6.42 Å². The predicted molar refractivity (Wildman–Crippen MR) is 72.8 cm³/mol. The van der Waals surface area contributed by atoms with Gasteiger partial charge in [0, 0.05) is 37.6 Å². The largest absolute Gasteiger partial charge is 0.481 e. The van der Waals surface area contributed by atoms with Gasteiger partial charge in [0.2, 0.25) is 0 Å². The van der Waals surface area contributed by atoms with Crippen LogP contribution in [0.3, 0.4) is 0 Å². The molecule has 2 atom stereocenters. The number of rotatable bonds is 4. The zero-order valence-corrected chi connectivity index (χ0v) is 11.2. The number of aromatic nitrogens is 1. The lowest BCUT2D eigenvalue weighted by Gasteiger charge is -2.28. The van der Waals surface area contributed by atoms with Gasteiger partial charge in [-0.15, -0.1) is 0 Å². The maximum atomic E-state index is 10.9. The van der Waals surface area contributed by atoms with E-state index in [4.69, 9.17) is 5.11 Å². The van der Waals surface area contributed by atoms with Crippen LogP contribution in [-0.2, 0) is 11.3 Å². The molecule has 1 aromatic rings. The summed E-state index contributed by atoms with van der Waals surface area (Å²) in [6.07, 6.45) is 4.82. The molecule has 2 N–H and O–H groups in total. The summed E-state index contributed by atoms with van der Waals surface area (Å²) in [6.45, 7) is 4.70. The Morgan fingerprint density at radius 3 is 2.95 bits per heavy atom. The molecule has 0 bridgehead atoms. The van der Waals surface area contributed by atoms with Crippen molar-refractivity contribution in [3.05, 3.63) is 30.1 Å². The standard InChI is InChI=1S/C14H21N3O2/c1-11-2-7-16-13(8-14(18)19)10-17(11)9-12-3-5-15-6-4-12/h3-6,11,13,16H,2,7-10H2,1H3,(H,18,19). The molecule has 2 unspecified atom stereocenters. The van der Waals surface area contributed by atoms with Crippen LogP contribution in [0, 0.1) is 0 Å². The highest BCUT2D eigenvalue weighted by atomic mass is 16.4. The number of carbonyl (C=O) groups is 1. The molecule has 0 saturated carbocycles. The number of nitrogens with one attached hydrogen (secondary N) is 1. The first-order valence-electron chi connectivity index (χ1n) is 6.73. The maximum absolute atomic E-state index is 10.9. The second kappa shape index (κ2) is 6.63. The van der Waals surface area contributed by atoms with E-state index >= 15 is 0 Å². The molecule has 0 radical (unpaired) electrons. The Kier molecular flexibility index (Phi) is 4.87. The fourth-order valence-corrected chi connectivity index (χ4v) is 2.50. The number of hydrogen-bond donors (Lipinski definition) is 2. The van der Waals surface area contributed by atoms with Gasteiger partial charge in [-0.3, -0.25) is 14.7 Å². The van der Waals surface area contributed by atoms with Crippen molar-refractivity contribution in [3.63, 3.8) is 0 Å². The van der Waals surface area contributed by atoms with Crippen LogP contribution in [0.4, 0.5) is 0 Å². The van der Waals surface area contributed by atoms with Crippen molar-refractivity contribution < 1.29 is 9.90 Å². The fraction of sp³-hybridized carbons (Fsp3) is 0.571. The van der Waals surface area contributed by atoms with Crippen molar-refractivity contribution >= 4 is 5.97 Å². The summed E-state index contributed by atoms with van der Waals surface area (Å²) >= 11 is 0. The van der Waals surface area contributed by atoms with E-state index in [1.165, 1.54) is 5.56 Å². The van der Waals surface area contributed by atoms with E-state index in [1.807, 2.05) is 12.1 Å². The Labute approximate surface area is 113 Å². The molecular weight excluding hydrogens is 242 g/mol. The van der Waals surface area contributed by atoms with Crippen LogP contribution in [-0.4, -0.2) is 46.1 Å². The molecule has 0 amide bonds. The highest BCUT2D eigenvalue weighted by Crippen LogP contribution is 2.14. The molecule has 0 spiro atoms. The number of aliphatic carboxylic acids is 1. The Morgan fingerprint density at radius 1 is 1.53 bits per heavy atom. The fourth-order valence-electron chi connectivity index (χ4n) is 2.50. The summed E-state index contributed by atoms with van der Waals surface area (Å²) in [6, 6.07) is 4.51. The minimum atomic E-state index is -0.740. The van der Waals surface area contributed by atoms with Crippen LogP contribution in [0.15, 0.2) is 24.5 Å². The molecule has 5 heteroatoms. The molecule has 2 rings (SSSR count). The molecule has 1 aliphatic heterocycles. The smallest absolute Gasteiger partial charge is 0.304 e. The monoisotopic (exact) mass is 263 g/mol. The van der Waals surface area contributed by atoms with Gasteiger partial charge < -0.3 is 10.4 Å². The van der Waals surface area contributed by atoms with Gasteiger partial charge in [-0.25, -0.2) is 0 Å². The van der Waals surface area contributed by atoms with Gasteiger partial charge in [-0.05, 0) is 37.6 Å². The van der Waals surface area contributed by atoms with Gasteiger partial charge >= 0.3 is 5.97 Å². The van der Waals surface area contributed by atoms with Crippen molar-refractivity contribution in [1.29, 1.82) is 0 Å². The minimum absolute atomic E-state index is 0.0317. The zero-order chi connectivity index (χ0) is 13.7. The first-order chi connectivity index (χ1) is 9.15. The van der Waals surface area contributed by atoms with Crippen LogP contribution in [0.5, 0.6) is 0 Å². The van der Waals surface area contributed by atoms with Crippen molar-refractivity contribution in [2.24, 2.45) is 0 Å². The number of carboxylic acid groups (broad SMARTS) is 1. The van der Waals surface area contributed by atoms with Crippen LogP contribution in [0.2, 0.25) is 0 Å². The lowest BCUT2D eigenvalue weighted by Crippen LogP contribution is -2.40. The summed E-state index contributed by atoms with van der Waals surface area (Å²) in [5.74, 6) is -0.740. The predicted octanol–water partition coefficient (Wildman–Crippen LogP) is 1.11. The quantitative estimate of drug-likeness (QED) is 0.852. The topological polar surface area (TPSA) is 65.5 Å². The summed E-state index contributed by atoms with van der Waals surface area (Å²) in [5.41, 5.74) is 1.22. The SMILES string of the molecule is CC1CCNC(CC(=O)O)CN1Cc1ccncc1. The Hall–Kier alpha value is -1.46. The Morgan fingerprint density at radius 2 is 2.26 bits per heavy atom. The Balaban J connectivity index is 2.01. The number of hydrogen-bond acceptors (Lipinski definition) is 4. The van der Waals surface area contributed by atoms with Gasteiger partial charge in [0.1, 0.15) is 0 Å². The molecule has 0 aliphatic carbocycles. The van der Waals surface area contributed by atoms with Crippen LogP contribution in [0.1, 0.15) is 25.3 Å². The van der Waals surface area contributed by atoms with E-state index < -0.39 is 5.97 Å². The van der Waals surface area contributed by atoms with Crippen LogP contribution in [0.25, 0.3) is 0 Å². The van der Waals surface area contributed by atoms with Gasteiger partial charge in [-0.1, -0.05) is 0 Å². The number of pyridine rings is 1. The molecule has 104 valence electrons. The summed E-state index contributed by atoms with van der Waals surface area (Å²) in [4.78, 5) is 17.2. The number of carboxylic acids is 1. The third kappa shape index (κ3) is 4.29. The molecule has 2 heterocycles. The molecule has 1 fully saturated rings. The van der Waals surface area contributed by atoms with Crippen molar-refractivity contribution in [2.45, 2.75) is 38.4 Å². The molecule has 1 saturated heterocycles. The molecule has 19 heavy (non-hydrogen) atoms. The molecular formula is C14H21N3O2. The summed E-state index contributed by atoms with van der Waals surface area (Å²) < 4.78 is 0. The second-order valence-corrected chi connectivity index (χ2v) is 5.17. The van der Waals surface area contributed by atoms with Gasteiger partial charge in [0.15, 0.2) is 0 Å². The van der Waals surface area contributed by atoms with E-state index in [0.717, 1.165) is 26.1 Å². The van der Waals surface area contributed by atoms with Gasteiger partial charge in [-0.2, -0.15) is 0 Å². The maximum Gasteiger partial charge on any atom is 0.304 e. The average Bonchev–Trinajstić information content (AvgIpc) is 2.53. The third-order valence-corrected chi connectivity index (χ3v) is 3.63. The lowest BCUT2D eigenvalue weighted by atomic mass is 10.1. The van der Waals surface area contributed by atoms with Crippen LogP contribution < -0.4 is 5.32 Å². The summed E-state index contributed by atoms with van der Waals surface area (Å²) in [5, 5.41) is 12.3. The van der Waals surface area contributed by atoms with Gasteiger partial charge in [0.25, 0.3) is 0 Å². The first kappa shape index (κ1) is 14.0. The molecule has 1 aliphatic rings. The highest BCUT2D eigenvalue weighted by Gasteiger charge is 2.24. The summed E-state index contributed by atoms with van der Waals surface area (Å²) in [7, 11) is 0. The first-order valence-corrected chi connectivity index (χ1v) is 6.73. The second-order valence-electron chi connectivity index (χ2n) is 5.17. The lowest BCUT2D eigenvalue weighted by molar-refractivity contribution is -0.137. The highest BCUT2D eigenvalue weighted by molar-refractivity contribution is 5.67. The van der Waals surface area contributed by atoms with E-state index in [2.05, 4.69) is 22.1 Å². The van der Waals surface area contributed by atoms with Crippen molar-refractivity contribution in [1.82, 2.24) is 15.2 Å². The van der Waals surface area contributed by atoms with E-state index in [9.17, 15) is 4.79 Å². The molecule has 0 aromatic carbocycles. The Bertz CT molecular complexity index is 410. The normalized spacial score (nSPS) is 24.9. The van der Waals surface area contributed by atoms with Crippen LogP contribution >= 0.6 is 0 Å². The molecule has 5 nitrogen and oxygen atoms in total. The average molecular weight is 263 g/mol. The van der Waals surface area contributed by atoms with E-state index in [1.54, 1.807) is 12.4 Å². The zero-order valence-electron chi connectivity index (χ0n) is 11.2.